The molecule has 0 aliphatic carbocycles. The zero-order chi connectivity index (χ0) is 18.4. The van der Waals surface area contributed by atoms with Crippen LogP contribution < -0.4 is 9.64 Å². The third kappa shape index (κ3) is 5.05. The predicted molar refractivity (Wildman–Crippen MR) is 102 cm³/mol. The smallest absolute Gasteiger partial charge is 0.250 e. The molecule has 2 rings (SSSR count). The molecule has 0 aromatic carbocycles. The van der Waals surface area contributed by atoms with Crippen LogP contribution in [0.1, 0.15) is 6.42 Å². The number of methoxy groups -OCH3 is 1. The lowest BCUT2D eigenvalue weighted by Gasteiger charge is -2.23. The van der Waals surface area contributed by atoms with Crippen LogP contribution in [0.25, 0.3) is 10.6 Å². The molecule has 2 aromatic rings. The van der Waals surface area contributed by atoms with Crippen molar-refractivity contribution in [3.05, 3.63) is 36.8 Å². The van der Waals surface area contributed by atoms with E-state index in [0.29, 0.717) is 16.6 Å². The SMILES string of the molecule is C#CCN(C(=C)CCS(C)(=O)=O)c1sc(-c2cccnc2)nc1OC. The molecule has 0 radical (unpaired) electrons. The van der Waals surface area contributed by atoms with Gasteiger partial charge < -0.3 is 9.64 Å². The van der Waals surface area contributed by atoms with Gasteiger partial charge in [-0.1, -0.05) is 23.8 Å². The molecule has 0 N–H and O–H groups in total. The Kier molecular flexibility index (Phi) is 6.17. The van der Waals surface area contributed by atoms with Crippen molar-refractivity contribution >= 4 is 26.2 Å². The molecular weight excluding hydrogens is 358 g/mol. The van der Waals surface area contributed by atoms with E-state index in [4.69, 9.17) is 11.2 Å². The minimum atomic E-state index is -3.09. The summed E-state index contributed by atoms with van der Waals surface area (Å²) in [6, 6.07) is 3.73. The number of rotatable bonds is 8. The first-order valence-electron chi connectivity index (χ1n) is 7.37. The molecular formula is C17H19N3O3S2. The van der Waals surface area contributed by atoms with E-state index in [0.717, 1.165) is 10.6 Å². The lowest BCUT2D eigenvalue weighted by atomic mass is 10.3. The van der Waals surface area contributed by atoms with Crippen molar-refractivity contribution in [3.63, 3.8) is 0 Å². The number of allylic oxidation sites excluding steroid dienone is 1. The average molecular weight is 377 g/mol. The summed E-state index contributed by atoms with van der Waals surface area (Å²) < 4.78 is 28.2. The Bertz CT molecular complexity index is 884. The molecule has 0 aliphatic heterocycles. The molecule has 8 heteroatoms. The van der Waals surface area contributed by atoms with Crippen molar-refractivity contribution in [2.75, 3.05) is 30.6 Å². The summed E-state index contributed by atoms with van der Waals surface area (Å²) >= 11 is 1.39. The van der Waals surface area contributed by atoms with Crippen molar-refractivity contribution in [1.29, 1.82) is 0 Å². The van der Waals surface area contributed by atoms with Gasteiger partial charge in [-0.25, -0.2) is 8.42 Å². The monoisotopic (exact) mass is 377 g/mol. The largest absolute Gasteiger partial charge is 0.479 e. The molecule has 6 nitrogen and oxygen atoms in total. The first-order chi connectivity index (χ1) is 11.9. The number of hydrogen-bond donors (Lipinski definition) is 0. The molecule has 0 unspecified atom stereocenters. The van der Waals surface area contributed by atoms with Gasteiger partial charge in [0.05, 0.1) is 19.4 Å². The van der Waals surface area contributed by atoms with E-state index in [1.54, 1.807) is 17.3 Å². The zero-order valence-electron chi connectivity index (χ0n) is 14.1. The molecule has 2 aromatic heterocycles. The second-order valence-electron chi connectivity index (χ2n) is 5.31. The summed E-state index contributed by atoms with van der Waals surface area (Å²) in [5.74, 6) is 2.99. The van der Waals surface area contributed by atoms with E-state index in [1.807, 2.05) is 12.1 Å². The lowest BCUT2D eigenvalue weighted by Crippen LogP contribution is -2.23. The standard InChI is InChI=1S/C17H19N3O3S2/c1-5-10-20(13(2)8-11-25(4,21)22)17-15(23-3)19-16(24-17)14-7-6-9-18-12-14/h1,6-7,9,12H,2,8,10-11H2,3-4H3. The lowest BCUT2D eigenvalue weighted by molar-refractivity contribution is 0.401. The molecule has 0 saturated carbocycles. The van der Waals surface area contributed by atoms with E-state index in [2.05, 4.69) is 22.5 Å². The van der Waals surface area contributed by atoms with Gasteiger partial charge in [-0.05, 0) is 12.1 Å². The Balaban J connectivity index is 2.36. The second kappa shape index (κ2) is 8.14. The van der Waals surface area contributed by atoms with Crippen LogP contribution in [0.15, 0.2) is 36.8 Å². The zero-order valence-corrected chi connectivity index (χ0v) is 15.7. The molecule has 25 heavy (non-hydrogen) atoms. The molecule has 0 saturated heterocycles. The summed E-state index contributed by atoms with van der Waals surface area (Å²) in [6.07, 6.45) is 10.4. The van der Waals surface area contributed by atoms with Gasteiger partial charge in [0.25, 0.3) is 0 Å². The highest BCUT2D eigenvalue weighted by Gasteiger charge is 2.21. The fourth-order valence-electron chi connectivity index (χ4n) is 2.07. The maximum absolute atomic E-state index is 11.4. The highest BCUT2D eigenvalue weighted by Crippen LogP contribution is 2.40. The summed E-state index contributed by atoms with van der Waals surface area (Å²) in [4.78, 5) is 10.3. The molecule has 2 heterocycles. The van der Waals surface area contributed by atoms with Crippen LogP contribution in [0.4, 0.5) is 5.00 Å². The van der Waals surface area contributed by atoms with Crippen LogP contribution in [0.5, 0.6) is 5.88 Å². The first kappa shape index (κ1) is 19.0. The topological polar surface area (TPSA) is 72.4 Å². The fraction of sp³-hybridized carbons (Fsp3) is 0.294. The molecule has 0 spiro atoms. The van der Waals surface area contributed by atoms with Gasteiger partial charge in [-0.3, -0.25) is 4.98 Å². The van der Waals surface area contributed by atoms with Gasteiger partial charge in [-0.15, -0.1) is 6.42 Å². The van der Waals surface area contributed by atoms with Gasteiger partial charge in [-0.2, -0.15) is 4.98 Å². The average Bonchev–Trinajstić information content (AvgIpc) is 3.01. The normalized spacial score (nSPS) is 10.9. The Hall–Kier alpha value is -2.37. The molecule has 0 atom stereocenters. The van der Waals surface area contributed by atoms with Crippen LogP contribution in [0, 0.1) is 12.3 Å². The number of pyridine rings is 1. The number of thiazole rings is 1. The quantitative estimate of drug-likeness (QED) is 0.659. The summed E-state index contributed by atoms with van der Waals surface area (Å²) in [6.45, 7) is 4.23. The van der Waals surface area contributed by atoms with Gasteiger partial charge in [0.15, 0.2) is 5.00 Å². The molecule has 0 fully saturated rings. The third-order valence-corrected chi connectivity index (χ3v) is 5.37. The Morgan fingerprint density at radius 3 is 2.84 bits per heavy atom. The predicted octanol–water partition coefficient (Wildman–Crippen LogP) is 2.60. The number of ether oxygens (including phenoxy) is 1. The van der Waals surface area contributed by atoms with E-state index in [9.17, 15) is 8.42 Å². The van der Waals surface area contributed by atoms with E-state index in [1.165, 1.54) is 24.7 Å². The summed E-state index contributed by atoms with van der Waals surface area (Å²) in [5, 5.41) is 1.43. The van der Waals surface area contributed by atoms with Crippen LogP contribution in [-0.4, -0.2) is 44.0 Å². The number of terminal acetylenes is 1. The van der Waals surface area contributed by atoms with Gasteiger partial charge in [0.1, 0.15) is 14.8 Å². The Labute approximate surface area is 152 Å². The summed E-state index contributed by atoms with van der Waals surface area (Å²) in [5.41, 5.74) is 1.46. The van der Waals surface area contributed by atoms with Gasteiger partial charge in [0, 0.05) is 36.3 Å². The number of aromatic nitrogens is 2. The van der Waals surface area contributed by atoms with Crippen molar-refractivity contribution < 1.29 is 13.2 Å². The van der Waals surface area contributed by atoms with Crippen LogP contribution >= 0.6 is 11.3 Å². The van der Waals surface area contributed by atoms with E-state index >= 15 is 0 Å². The van der Waals surface area contributed by atoms with Crippen molar-refractivity contribution in [1.82, 2.24) is 9.97 Å². The molecule has 0 aliphatic rings. The highest BCUT2D eigenvalue weighted by molar-refractivity contribution is 7.90. The fourth-order valence-corrected chi connectivity index (χ4v) is 3.75. The van der Waals surface area contributed by atoms with Crippen molar-refractivity contribution in [2.24, 2.45) is 0 Å². The van der Waals surface area contributed by atoms with E-state index in [-0.39, 0.29) is 18.7 Å². The Morgan fingerprint density at radius 1 is 1.52 bits per heavy atom. The maximum atomic E-state index is 11.4. The molecule has 132 valence electrons. The van der Waals surface area contributed by atoms with Crippen LogP contribution in [-0.2, 0) is 9.84 Å². The maximum Gasteiger partial charge on any atom is 0.250 e. The third-order valence-electron chi connectivity index (χ3n) is 3.32. The molecule has 0 amide bonds. The highest BCUT2D eigenvalue weighted by atomic mass is 32.2. The molecule has 0 bridgehead atoms. The Morgan fingerprint density at radius 2 is 2.28 bits per heavy atom. The van der Waals surface area contributed by atoms with Gasteiger partial charge >= 0.3 is 0 Å². The van der Waals surface area contributed by atoms with Crippen molar-refractivity contribution in [3.8, 4) is 28.8 Å². The first-order valence-corrected chi connectivity index (χ1v) is 10.2. The van der Waals surface area contributed by atoms with Gasteiger partial charge in [0.2, 0.25) is 5.88 Å². The number of sulfone groups is 1. The minimum Gasteiger partial charge on any atom is -0.479 e. The van der Waals surface area contributed by atoms with Crippen LogP contribution in [0.3, 0.4) is 0 Å². The minimum absolute atomic E-state index is 0.00346. The second-order valence-corrected chi connectivity index (χ2v) is 8.55. The number of anilines is 1. The van der Waals surface area contributed by atoms with Crippen LogP contribution in [0.2, 0.25) is 0 Å². The number of hydrogen-bond acceptors (Lipinski definition) is 7. The summed E-state index contributed by atoms with van der Waals surface area (Å²) in [7, 11) is -1.57. The van der Waals surface area contributed by atoms with E-state index < -0.39 is 9.84 Å². The number of nitrogens with zero attached hydrogens (tertiary/aromatic N) is 3. The van der Waals surface area contributed by atoms with Crippen molar-refractivity contribution in [2.45, 2.75) is 6.42 Å².